The van der Waals surface area contributed by atoms with Crippen molar-refractivity contribution in [1.29, 1.82) is 0 Å². The van der Waals surface area contributed by atoms with Crippen LogP contribution in [0.25, 0.3) is 0 Å². The van der Waals surface area contributed by atoms with E-state index in [9.17, 15) is 0 Å². The molecule has 0 amide bonds. The first-order valence-corrected chi connectivity index (χ1v) is 6.32. The Hall–Kier alpha value is -2.34. The summed E-state index contributed by atoms with van der Waals surface area (Å²) in [7, 11) is 1.86. The van der Waals surface area contributed by atoms with Crippen molar-refractivity contribution in [3.63, 3.8) is 0 Å². The van der Waals surface area contributed by atoms with Crippen LogP contribution in [-0.2, 0) is 13.2 Å². The fraction of sp³-hybridized carbons (Fsp3) is 0.286. The van der Waals surface area contributed by atoms with Crippen molar-refractivity contribution in [2.24, 2.45) is 0 Å². The van der Waals surface area contributed by atoms with E-state index < -0.39 is 0 Å². The van der Waals surface area contributed by atoms with Gasteiger partial charge >= 0.3 is 0 Å². The number of nitrogens with zero attached hydrogens (tertiary/aromatic N) is 2. The molecular weight excluding hydrogens is 258 g/mol. The maximum atomic E-state index is 5.64. The summed E-state index contributed by atoms with van der Waals surface area (Å²) in [5.41, 5.74) is 1.84. The van der Waals surface area contributed by atoms with Crippen LogP contribution >= 0.6 is 0 Å². The number of rotatable bonds is 5. The van der Waals surface area contributed by atoms with Crippen molar-refractivity contribution in [1.82, 2.24) is 15.3 Å². The zero-order valence-electron chi connectivity index (χ0n) is 11.1. The molecule has 1 N–H and O–H groups in total. The number of benzene rings is 1. The van der Waals surface area contributed by atoms with Gasteiger partial charge in [-0.05, 0) is 24.7 Å². The Morgan fingerprint density at radius 2 is 2.15 bits per heavy atom. The summed E-state index contributed by atoms with van der Waals surface area (Å²) in [4.78, 5) is 8.45. The van der Waals surface area contributed by atoms with E-state index in [0.29, 0.717) is 19.0 Å². The monoisotopic (exact) mass is 273 g/mol. The first-order valence-electron chi connectivity index (χ1n) is 6.32. The smallest absolute Gasteiger partial charge is 0.232 e. The van der Waals surface area contributed by atoms with E-state index >= 15 is 0 Å². The summed E-state index contributed by atoms with van der Waals surface area (Å²) < 4.78 is 16.2. The Bertz CT molecular complexity index is 604. The maximum absolute atomic E-state index is 5.64. The fourth-order valence-corrected chi connectivity index (χ4v) is 1.91. The predicted octanol–water partition coefficient (Wildman–Crippen LogP) is 1.50. The van der Waals surface area contributed by atoms with Crippen LogP contribution in [0, 0.1) is 0 Å². The summed E-state index contributed by atoms with van der Waals surface area (Å²) in [6.45, 7) is 1.35. The number of ether oxygens (including phenoxy) is 3. The van der Waals surface area contributed by atoms with E-state index in [1.54, 1.807) is 12.4 Å². The van der Waals surface area contributed by atoms with Crippen LogP contribution in [0.2, 0.25) is 0 Å². The van der Waals surface area contributed by atoms with Crippen molar-refractivity contribution in [3.05, 3.63) is 41.9 Å². The minimum atomic E-state index is 0.275. The van der Waals surface area contributed by atoms with Gasteiger partial charge in [0.1, 0.15) is 6.61 Å². The summed E-state index contributed by atoms with van der Waals surface area (Å²) >= 11 is 0. The molecule has 0 saturated heterocycles. The summed E-state index contributed by atoms with van der Waals surface area (Å²) in [6, 6.07) is 5.73. The second-order valence-corrected chi connectivity index (χ2v) is 4.36. The molecule has 1 aromatic carbocycles. The van der Waals surface area contributed by atoms with Crippen LogP contribution in [0.1, 0.15) is 11.3 Å². The van der Waals surface area contributed by atoms with Gasteiger partial charge in [-0.2, -0.15) is 0 Å². The van der Waals surface area contributed by atoms with Crippen LogP contribution in [0.15, 0.2) is 30.6 Å². The molecule has 0 aliphatic carbocycles. The minimum Gasteiger partial charge on any atom is -0.472 e. The first kappa shape index (κ1) is 12.7. The number of nitrogens with one attached hydrogen (secondary N) is 1. The number of fused-ring (bicyclic) bond motifs is 1. The highest BCUT2D eigenvalue weighted by Crippen LogP contribution is 2.32. The van der Waals surface area contributed by atoms with Gasteiger partial charge < -0.3 is 19.5 Å². The number of hydrogen-bond acceptors (Lipinski definition) is 6. The fourth-order valence-electron chi connectivity index (χ4n) is 1.91. The molecular formula is C14H15N3O3. The zero-order valence-corrected chi connectivity index (χ0v) is 11.1. The van der Waals surface area contributed by atoms with Gasteiger partial charge in [-0.3, -0.25) is 4.98 Å². The van der Waals surface area contributed by atoms with Crippen molar-refractivity contribution >= 4 is 0 Å². The highest BCUT2D eigenvalue weighted by Gasteiger charge is 2.13. The SMILES string of the molecule is CNCc1cncc(OCc2ccc3c(c2)OCO3)n1. The van der Waals surface area contributed by atoms with Gasteiger partial charge in [-0.15, -0.1) is 0 Å². The second kappa shape index (κ2) is 5.75. The summed E-state index contributed by atoms with van der Waals surface area (Å²) in [6.07, 6.45) is 3.32. The van der Waals surface area contributed by atoms with Crippen LogP contribution in [0.3, 0.4) is 0 Å². The third-order valence-corrected chi connectivity index (χ3v) is 2.84. The van der Waals surface area contributed by atoms with E-state index in [-0.39, 0.29) is 6.79 Å². The minimum absolute atomic E-state index is 0.275. The van der Waals surface area contributed by atoms with Gasteiger partial charge in [-0.25, -0.2) is 4.98 Å². The lowest BCUT2D eigenvalue weighted by Crippen LogP contribution is -2.08. The first-order chi connectivity index (χ1) is 9.85. The highest BCUT2D eigenvalue weighted by atomic mass is 16.7. The Morgan fingerprint density at radius 1 is 1.25 bits per heavy atom. The molecule has 3 rings (SSSR count). The molecule has 0 bridgehead atoms. The van der Waals surface area contributed by atoms with E-state index in [4.69, 9.17) is 14.2 Å². The topological polar surface area (TPSA) is 65.5 Å². The van der Waals surface area contributed by atoms with Crippen molar-refractivity contribution < 1.29 is 14.2 Å². The third-order valence-electron chi connectivity index (χ3n) is 2.84. The molecule has 104 valence electrons. The van der Waals surface area contributed by atoms with Crippen LogP contribution in [0.4, 0.5) is 0 Å². The number of hydrogen-bond donors (Lipinski definition) is 1. The van der Waals surface area contributed by atoms with Gasteiger partial charge in [-0.1, -0.05) is 6.07 Å². The Morgan fingerprint density at radius 3 is 3.05 bits per heavy atom. The van der Waals surface area contributed by atoms with Crippen LogP contribution in [-0.4, -0.2) is 23.8 Å². The Kier molecular flexibility index (Phi) is 3.64. The average Bonchev–Trinajstić information content (AvgIpc) is 2.93. The van der Waals surface area contributed by atoms with Gasteiger partial charge in [0.25, 0.3) is 0 Å². The zero-order chi connectivity index (χ0) is 13.8. The molecule has 1 aromatic heterocycles. The van der Waals surface area contributed by atoms with E-state index in [1.807, 2.05) is 25.2 Å². The average molecular weight is 273 g/mol. The summed E-state index contributed by atoms with van der Waals surface area (Å²) in [5, 5.41) is 3.02. The predicted molar refractivity (Wildman–Crippen MR) is 71.7 cm³/mol. The molecule has 20 heavy (non-hydrogen) atoms. The Labute approximate surface area is 116 Å². The molecule has 1 aliphatic rings. The molecule has 0 atom stereocenters. The van der Waals surface area contributed by atoms with Crippen molar-refractivity contribution in [3.8, 4) is 17.4 Å². The van der Waals surface area contributed by atoms with E-state index in [1.165, 1.54) is 0 Å². The lowest BCUT2D eigenvalue weighted by atomic mass is 10.2. The molecule has 1 aliphatic heterocycles. The molecule has 0 unspecified atom stereocenters. The quantitative estimate of drug-likeness (QED) is 0.890. The van der Waals surface area contributed by atoms with E-state index in [2.05, 4.69) is 15.3 Å². The third kappa shape index (κ3) is 2.80. The molecule has 2 aromatic rings. The lowest BCUT2D eigenvalue weighted by Gasteiger charge is -2.07. The normalized spacial score (nSPS) is 12.4. The molecule has 0 spiro atoms. The van der Waals surface area contributed by atoms with Gasteiger partial charge in [0.2, 0.25) is 12.7 Å². The van der Waals surface area contributed by atoms with E-state index in [0.717, 1.165) is 22.8 Å². The standard InChI is InChI=1S/C14H15N3O3/c1-15-5-11-6-16-7-14(17-11)18-8-10-2-3-12-13(4-10)20-9-19-12/h2-4,6-7,15H,5,8-9H2,1H3. The maximum Gasteiger partial charge on any atom is 0.232 e. The molecule has 0 radical (unpaired) electrons. The highest BCUT2D eigenvalue weighted by molar-refractivity contribution is 5.44. The van der Waals surface area contributed by atoms with Gasteiger partial charge in [0.05, 0.1) is 11.9 Å². The summed E-state index contributed by atoms with van der Waals surface area (Å²) in [5.74, 6) is 2.03. The molecule has 0 saturated carbocycles. The molecule has 6 heteroatoms. The van der Waals surface area contributed by atoms with Crippen LogP contribution in [0.5, 0.6) is 17.4 Å². The van der Waals surface area contributed by atoms with Crippen LogP contribution < -0.4 is 19.5 Å². The largest absolute Gasteiger partial charge is 0.472 e. The van der Waals surface area contributed by atoms with Crippen molar-refractivity contribution in [2.45, 2.75) is 13.2 Å². The van der Waals surface area contributed by atoms with Crippen molar-refractivity contribution in [2.75, 3.05) is 13.8 Å². The molecule has 2 heterocycles. The van der Waals surface area contributed by atoms with Gasteiger partial charge in [0, 0.05) is 12.7 Å². The molecule has 0 fully saturated rings. The van der Waals surface area contributed by atoms with Gasteiger partial charge in [0.15, 0.2) is 11.5 Å². The lowest BCUT2D eigenvalue weighted by molar-refractivity contribution is 0.174. The molecule has 6 nitrogen and oxygen atoms in total. The Balaban J connectivity index is 1.65. The second-order valence-electron chi connectivity index (χ2n) is 4.36. The number of aromatic nitrogens is 2.